The van der Waals surface area contributed by atoms with Crippen LogP contribution in [-0.4, -0.2) is 42.7 Å². The van der Waals surface area contributed by atoms with Crippen LogP contribution in [0, 0.1) is 17.6 Å². The number of nitrogens with zero attached hydrogens (tertiary/aromatic N) is 3. The van der Waals surface area contributed by atoms with E-state index in [9.17, 15) is 17.2 Å². The fourth-order valence-corrected chi connectivity index (χ4v) is 8.13. The minimum absolute atomic E-state index is 0.00321. The second kappa shape index (κ2) is 11.5. The molecule has 0 saturated heterocycles. The van der Waals surface area contributed by atoms with E-state index in [2.05, 4.69) is 12.0 Å². The SMILES string of the molecule is COc1ccccc1CCN(C[C@H]1CCC2=C1[C@@H](C)c1cnn(-c3ccc(F)cc3)c1C2)S(=O)(=O)c1ccccc1F. The van der Waals surface area contributed by atoms with Gasteiger partial charge in [0.2, 0.25) is 10.0 Å². The van der Waals surface area contributed by atoms with Gasteiger partial charge >= 0.3 is 0 Å². The van der Waals surface area contributed by atoms with Crippen LogP contribution < -0.4 is 4.74 Å². The number of rotatable bonds is 9. The van der Waals surface area contributed by atoms with E-state index in [1.54, 1.807) is 25.3 Å². The van der Waals surface area contributed by atoms with Gasteiger partial charge in [-0.05, 0) is 73.2 Å². The zero-order chi connectivity index (χ0) is 29.4. The number of allylic oxidation sites excluding steroid dienone is 1. The second-order valence-electron chi connectivity index (χ2n) is 11.0. The number of fused-ring (bicyclic) bond motifs is 1. The number of sulfonamides is 1. The number of benzene rings is 3. The molecule has 9 heteroatoms. The number of aromatic nitrogens is 2. The van der Waals surface area contributed by atoms with E-state index in [-0.39, 0.29) is 35.6 Å². The highest BCUT2D eigenvalue weighted by molar-refractivity contribution is 7.89. The largest absolute Gasteiger partial charge is 0.496 e. The van der Waals surface area contributed by atoms with Crippen LogP contribution in [0.15, 0.2) is 95.0 Å². The Morgan fingerprint density at radius 1 is 1.02 bits per heavy atom. The molecular formula is C33H33F2N3O3S. The van der Waals surface area contributed by atoms with E-state index in [1.807, 2.05) is 35.1 Å². The van der Waals surface area contributed by atoms with Crippen molar-refractivity contribution < 1.29 is 21.9 Å². The summed E-state index contributed by atoms with van der Waals surface area (Å²) in [5.41, 5.74) is 6.44. The molecule has 0 aliphatic heterocycles. The average molecular weight is 590 g/mol. The second-order valence-corrected chi connectivity index (χ2v) is 12.9. The molecule has 3 aromatic carbocycles. The number of methoxy groups -OCH3 is 1. The topological polar surface area (TPSA) is 64.4 Å². The van der Waals surface area contributed by atoms with Crippen LogP contribution in [0.5, 0.6) is 5.75 Å². The summed E-state index contributed by atoms with van der Waals surface area (Å²) in [5.74, 6) is -0.306. The third-order valence-corrected chi connectivity index (χ3v) is 10.5. The van der Waals surface area contributed by atoms with Gasteiger partial charge < -0.3 is 4.74 Å². The third kappa shape index (κ3) is 5.16. The van der Waals surface area contributed by atoms with E-state index < -0.39 is 15.8 Å². The van der Waals surface area contributed by atoms with Crippen molar-refractivity contribution >= 4 is 10.0 Å². The highest BCUT2D eigenvalue weighted by Crippen LogP contribution is 2.47. The summed E-state index contributed by atoms with van der Waals surface area (Å²) < 4.78 is 65.1. The van der Waals surface area contributed by atoms with Gasteiger partial charge in [-0.2, -0.15) is 9.40 Å². The van der Waals surface area contributed by atoms with E-state index in [0.29, 0.717) is 18.6 Å². The Labute approximate surface area is 245 Å². The molecule has 4 aromatic rings. The Morgan fingerprint density at radius 2 is 1.76 bits per heavy atom. The van der Waals surface area contributed by atoms with Crippen molar-refractivity contribution in [2.24, 2.45) is 5.92 Å². The molecular weight excluding hydrogens is 556 g/mol. The fourth-order valence-electron chi connectivity index (χ4n) is 6.58. The molecule has 2 atom stereocenters. The van der Waals surface area contributed by atoms with Crippen LogP contribution in [0.1, 0.15) is 42.5 Å². The first-order valence-corrected chi connectivity index (χ1v) is 15.6. The molecule has 0 radical (unpaired) electrons. The average Bonchev–Trinajstić information content (AvgIpc) is 3.60. The van der Waals surface area contributed by atoms with Crippen molar-refractivity contribution in [3.8, 4) is 11.4 Å². The zero-order valence-electron chi connectivity index (χ0n) is 23.6. The van der Waals surface area contributed by atoms with E-state index >= 15 is 0 Å². The normalized spacial score (nSPS) is 18.3. The molecule has 0 spiro atoms. The maximum Gasteiger partial charge on any atom is 0.246 e. The van der Waals surface area contributed by atoms with E-state index in [0.717, 1.165) is 35.3 Å². The summed E-state index contributed by atoms with van der Waals surface area (Å²) in [4.78, 5) is -0.309. The zero-order valence-corrected chi connectivity index (χ0v) is 24.4. The monoisotopic (exact) mass is 589 g/mol. The molecule has 0 unspecified atom stereocenters. The lowest BCUT2D eigenvalue weighted by molar-refractivity contribution is 0.354. The summed E-state index contributed by atoms with van der Waals surface area (Å²) in [6.45, 7) is 2.60. The first kappa shape index (κ1) is 28.3. The van der Waals surface area contributed by atoms with E-state index in [1.165, 1.54) is 45.8 Å². The maximum atomic E-state index is 14.8. The molecule has 0 amide bonds. The minimum Gasteiger partial charge on any atom is -0.496 e. The molecule has 6 rings (SSSR count). The number of para-hydroxylation sites is 1. The standard InChI is InChI=1S/C33H33F2N3O3S/c1-22-28-20-36-38(27-15-13-26(34)14-16-27)30(28)19-24-11-12-25(33(22)24)21-37(18-17-23-7-3-5-9-31(23)41-2)42(39,40)32-10-6-4-8-29(32)35/h3-10,13-16,20,22,25H,11-12,17-19,21H2,1-2H3/t22-,25+/m0/s1. The Balaban J connectivity index is 1.30. The number of hydrogen-bond donors (Lipinski definition) is 0. The lowest BCUT2D eigenvalue weighted by Crippen LogP contribution is -2.38. The lowest BCUT2D eigenvalue weighted by Gasteiger charge is -2.31. The summed E-state index contributed by atoms with van der Waals surface area (Å²) in [5, 5.41) is 4.64. The van der Waals surface area contributed by atoms with Gasteiger partial charge in [0.25, 0.3) is 0 Å². The van der Waals surface area contributed by atoms with Gasteiger partial charge in [-0.15, -0.1) is 0 Å². The Hall–Kier alpha value is -3.82. The van der Waals surface area contributed by atoms with Crippen molar-refractivity contribution in [1.82, 2.24) is 14.1 Å². The fraction of sp³-hybridized carbons (Fsp3) is 0.303. The van der Waals surface area contributed by atoms with Crippen LogP contribution >= 0.6 is 0 Å². The molecule has 218 valence electrons. The van der Waals surface area contributed by atoms with Gasteiger partial charge in [0.05, 0.1) is 24.7 Å². The maximum absolute atomic E-state index is 14.8. The van der Waals surface area contributed by atoms with Crippen LogP contribution in [0.25, 0.3) is 5.69 Å². The Bertz CT molecular complexity index is 1750. The quantitative estimate of drug-likeness (QED) is 0.210. The van der Waals surface area contributed by atoms with Crippen LogP contribution in [0.3, 0.4) is 0 Å². The van der Waals surface area contributed by atoms with Crippen LogP contribution in [-0.2, 0) is 22.9 Å². The van der Waals surface area contributed by atoms with Crippen molar-refractivity contribution in [2.45, 2.75) is 43.4 Å². The van der Waals surface area contributed by atoms with Crippen molar-refractivity contribution in [3.63, 3.8) is 0 Å². The van der Waals surface area contributed by atoms with Gasteiger partial charge in [-0.25, -0.2) is 21.9 Å². The lowest BCUT2D eigenvalue weighted by atomic mass is 9.80. The summed E-state index contributed by atoms with van der Waals surface area (Å²) in [6.07, 6.45) is 4.70. The molecule has 1 aromatic heterocycles. The van der Waals surface area contributed by atoms with Gasteiger partial charge in [0.15, 0.2) is 0 Å². The predicted octanol–water partition coefficient (Wildman–Crippen LogP) is 6.46. The molecule has 6 nitrogen and oxygen atoms in total. The summed E-state index contributed by atoms with van der Waals surface area (Å²) in [6, 6.07) is 19.4. The van der Waals surface area contributed by atoms with Crippen molar-refractivity contribution in [1.29, 1.82) is 0 Å². The first-order chi connectivity index (χ1) is 20.3. The summed E-state index contributed by atoms with van der Waals surface area (Å²) in [7, 11) is -2.52. The smallest absolute Gasteiger partial charge is 0.246 e. The van der Waals surface area contributed by atoms with Crippen molar-refractivity contribution in [2.75, 3.05) is 20.2 Å². The summed E-state index contributed by atoms with van der Waals surface area (Å²) >= 11 is 0. The van der Waals surface area contributed by atoms with Gasteiger partial charge in [0.1, 0.15) is 22.3 Å². The van der Waals surface area contributed by atoms with Crippen LogP contribution in [0.4, 0.5) is 8.78 Å². The molecule has 0 fully saturated rings. The van der Waals surface area contributed by atoms with Gasteiger partial charge in [0, 0.05) is 31.0 Å². The van der Waals surface area contributed by atoms with Gasteiger partial charge in [-0.1, -0.05) is 48.4 Å². The van der Waals surface area contributed by atoms with E-state index in [4.69, 9.17) is 4.74 Å². The molecule has 42 heavy (non-hydrogen) atoms. The minimum atomic E-state index is -4.11. The number of halogens is 2. The van der Waals surface area contributed by atoms with Gasteiger partial charge in [-0.3, -0.25) is 0 Å². The molecule has 0 saturated carbocycles. The number of hydrogen-bond acceptors (Lipinski definition) is 4. The Morgan fingerprint density at radius 3 is 2.52 bits per heavy atom. The number of ether oxygens (including phenoxy) is 1. The molecule has 0 bridgehead atoms. The molecule has 2 aliphatic rings. The molecule has 1 heterocycles. The Kier molecular flexibility index (Phi) is 7.72. The first-order valence-electron chi connectivity index (χ1n) is 14.2. The highest BCUT2D eigenvalue weighted by Gasteiger charge is 2.39. The van der Waals surface area contributed by atoms with Crippen molar-refractivity contribution in [3.05, 3.63) is 119 Å². The predicted molar refractivity (Wildman–Crippen MR) is 157 cm³/mol. The third-order valence-electron chi connectivity index (χ3n) is 8.63. The van der Waals surface area contributed by atoms with Crippen LogP contribution in [0.2, 0.25) is 0 Å². The molecule has 2 aliphatic carbocycles. The highest BCUT2D eigenvalue weighted by atomic mass is 32.2. The molecule has 0 N–H and O–H groups in total.